The summed E-state index contributed by atoms with van der Waals surface area (Å²) in [6.07, 6.45) is 0.574. The SMILES string of the molecule is CN=C(NCCc1nc(-c2cccc(Cl)c2)no1)N(C)Cc1ccc2c(c1)OCCO2.I. The van der Waals surface area contributed by atoms with Crippen molar-refractivity contribution in [2.45, 2.75) is 13.0 Å². The molecule has 0 radical (unpaired) electrons. The highest BCUT2D eigenvalue weighted by Crippen LogP contribution is 2.31. The van der Waals surface area contributed by atoms with Crippen LogP contribution in [-0.4, -0.2) is 54.9 Å². The number of aliphatic imine (C=N–C) groups is 1. The Morgan fingerprint density at radius 3 is 2.75 bits per heavy atom. The number of ether oxygens (including phenoxy) is 2. The molecular weight excluding hydrogens is 545 g/mol. The molecule has 0 bridgehead atoms. The maximum absolute atomic E-state index is 6.03. The van der Waals surface area contributed by atoms with Crippen molar-refractivity contribution in [2.24, 2.45) is 4.99 Å². The molecule has 4 rings (SSSR count). The minimum atomic E-state index is 0. The van der Waals surface area contributed by atoms with Crippen LogP contribution < -0.4 is 14.8 Å². The minimum absolute atomic E-state index is 0. The van der Waals surface area contributed by atoms with E-state index in [0.717, 1.165) is 28.6 Å². The molecule has 0 fully saturated rings. The number of fused-ring (bicyclic) bond motifs is 1. The number of guanidine groups is 1. The van der Waals surface area contributed by atoms with E-state index in [-0.39, 0.29) is 24.0 Å². The van der Waals surface area contributed by atoms with Crippen LogP contribution in [-0.2, 0) is 13.0 Å². The van der Waals surface area contributed by atoms with E-state index >= 15 is 0 Å². The van der Waals surface area contributed by atoms with Gasteiger partial charge in [0, 0.05) is 44.2 Å². The normalized spacial score (nSPS) is 12.8. The molecule has 1 aliphatic rings. The van der Waals surface area contributed by atoms with Gasteiger partial charge < -0.3 is 24.2 Å². The van der Waals surface area contributed by atoms with E-state index in [1.807, 2.05) is 54.4 Å². The zero-order chi connectivity index (χ0) is 21.6. The molecule has 0 saturated heterocycles. The van der Waals surface area contributed by atoms with E-state index in [9.17, 15) is 0 Å². The standard InChI is InChI=1S/C22H24ClN5O3.HI/c1-24-22(28(2)14-15-6-7-18-19(12-15)30-11-10-29-18)25-9-8-20-26-21(27-31-20)16-4-3-5-17(23)13-16;/h3-7,12-13H,8-11,14H2,1-2H3,(H,24,25);1H. The zero-order valence-corrected chi connectivity index (χ0v) is 21.0. The second kappa shape index (κ2) is 11.4. The number of hydrogen-bond donors (Lipinski definition) is 1. The van der Waals surface area contributed by atoms with Gasteiger partial charge in [0.2, 0.25) is 11.7 Å². The second-order valence-corrected chi connectivity index (χ2v) is 7.52. The highest BCUT2D eigenvalue weighted by Gasteiger charge is 2.14. The largest absolute Gasteiger partial charge is 0.486 e. The van der Waals surface area contributed by atoms with Crippen LogP contribution in [0.3, 0.4) is 0 Å². The molecule has 1 N–H and O–H groups in total. The molecule has 2 aromatic carbocycles. The molecule has 1 aliphatic heterocycles. The smallest absolute Gasteiger partial charge is 0.228 e. The molecule has 8 nitrogen and oxygen atoms in total. The van der Waals surface area contributed by atoms with Crippen molar-refractivity contribution >= 4 is 41.5 Å². The summed E-state index contributed by atoms with van der Waals surface area (Å²) in [6, 6.07) is 13.4. The summed E-state index contributed by atoms with van der Waals surface area (Å²) < 4.78 is 16.6. The van der Waals surface area contributed by atoms with Crippen molar-refractivity contribution in [1.29, 1.82) is 0 Å². The van der Waals surface area contributed by atoms with Gasteiger partial charge in [-0.15, -0.1) is 24.0 Å². The summed E-state index contributed by atoms with van der Waals surface area (Å²) in [5.41, 5.74) is 1.93. The fourth-order valence-electron chi connectivity index (χ4n) is 3.30. The predicted octanol–water partition coefficient (Wildman–Crippen LogP) is 4.03. The third kappa shape index (κ3) is 6.04. The Morgan fingerprint density at radius 2 is 1.97 bits per heavy atom. The van der Waals surface area contributed by atoms with Crippen molar-refractivity contribution in [2.75, 3.05) is 33.9 Å². The average molecular weight is 570 g/mol. The van der Waals surface area contributed by atoms with Gasteiger partial charge in [-0.1, -0.05) is 35.0 Å². The predicted molar refractivity (Wildman–Crippen MR) is 134 cm³/mol. The number of rotatable bonds is 6. The molecule has 1 aromatic heterocycles. The highest BCUT2D eigenvalue weighted by atomic mass is 127. The van der Waals surface area contributed by atoms with Gasteiger partial charge in [0.1, 0.15) is 13.2 Å². The molecule has 0 saturated carbocycles. The quantitative estimate of drug-likeness (QED) is 0.273. The van der Waals surface area contributed by atoms with Crippen LogP contribution in [0.25, 0.3) is 11.4 Å². The van der Waals surface area contributed by atoms with Crippen LogP contribution in [0.2, 0.25) is 5.02 Å². The number of nitrogens with zero attached hydrogens (tertiary/aromatic N) is 4. The van der Waals surface area contributed by atoms with Crippen LogP contribution in [0, 0.1) is 0 Å². The summed E-state index contributed by atoms with van der Waals surface area (Å²) in [4.78, 5) is 10.8. The molecule has 0 amide bonds. The van der Waals surface area contributed by atoms with Crippen LogP contribution >= 0.6 is 35.6 Å². The van der Waals surface area contributed by atoms with Crippen LogP contribution in [0.1, 0.15) is 11.5 Å². The third-order valence-electron chi connectivity index (χ3n) is 4.77. The summed E-state index contributed by atoms with van der Waals surface area (Å²) >= 11 is 6.03. The molecule has 2 heterocycles. The monoisotopic (exact) mass is 569 g/mol. The fourth-order valence-corrected chi connectivity index (χ4v) is 3.49. The van der Waals surface area contributed by atoms with Gasteiger partial charge in [0.25, 0.3) is 0 Å². The Bertz CT molecular complexity index is 1080. The average Bonchev–Trinajstić information content (AvgIpc) is 3.25. The Kier molecular flexibility index (Phi) is 8.57. The Morgan fingerprint density at radius 1 is 1.16 bits per heavy atom. The lowest BCUT2D eigenvalue weighted by molar-refractivity contribution is 0.171. The van der Waals surface area contributed by atoms with Crippen molar-refractivity contribution in [3.05, 3.63) is 58.9 Å². The zero-order valence-electron chi connectivity index (χ0n) is 17.9. The van der Waals surface area contributed by atoms with Gasteiger partial charge in [0.05, 0.1) is 0 Å². The number of aromatic nitrogens is 2. The number of nitrogens with one attached hydrogen (secondary N) is 1. The molecule has 0 unspecified atom stereocenters. The maximum atomic E-state index is 6.03. The Labute approximate surface area is 209 Å². The summed E-state index contributed by atoms with van der Waals surface area (Å²) in [5, 5.41) is 8.00. The maximum Gasteiger partial charge on any atom is 0.228 e. The van der Waals surface area contributed by atoms with Gasteiger partial charge in [0.15, 0.2) is 17.5 Å². The Hall–Kier alpha value is -2.53. The van der Waals surface area contributed by atoms with Gasteiger partial charge in [-0.3, -0.25) is 4.99 Å². The molecule has 170 valence electrons. The van der Waals surface area contributed by atoms with Gasteiger partial charge in [-0.05, 0) is 29.8 Å². The van der Waals surface area contributed by atoms with Crippen molar-refractivity contribution in [3.63, 3.8) is 0 Å². The first-order valence-corrected chi connectivity index (χ1v) is 10.4. The molecule has 3 aromatic rings. The number of benzene rings is 2. The summed E-state index contributed by atoms with van der Waals surface area (Å²) in [7, 11) is 3.74. The lowest BCUT2D eigenvalue weighted by Gasteiger charge is -2.23. The van der Waals surface area contributed by atoms with Crippen molar-refractivity contribution in [3.8, 4) is 22.9 Å². The lowest BCUT2D eigenvalue weighted by atomic mass is 10.2. The van der Waals surface area contributed by atoms with Gasteiger partial charge in [-0.25, -0.2) is 0 Å². The van der Waals surface area contributed by atoms with Crippen LogP contribution in [0.4, 0.5) is 0 Å². The van der Waals surface area contributed by atoms with Crippen molar-refractivity contribution < 1.29 is 14.0 Å². The Balaban J connectivity index is 0.00000289. The first-order valence-electron chi connectivity index (χ1n) is 10.0. The molecule has 32 heavy (non-hydrogen) atoms. The van der Waals surface area contributed by atoms with E-state index < -0.39 is 0 Å². The number of hydrogen-bond acceptors (Lipinski definition) is 6. The molecule has 0 spiro atoms. The van der Waals surface area contributed by atoms with Crippen LogP contribution in [0.5, 0.6) is 11.5 Å². The molecule has 0 atom stereocenters. The molecule has 10 heteroatoms. The van der Waals surface area contributed by atoms with Crippen molar-refractivity contribution in [1.82, 2.24) is 20.4 Å². The second-order valence-electron chi connectivity index (χ2n) is 7.08. The molecular formula is C22H25ClIN5O3. The summed E-state index contributed by atoms with van der Waals surface area (Å²) in [6.45, 7) is 2.44. The van der Waals surface area contributed by atoms with Gasteiger partial charge >= 0.3 is 0 Å². The van der Waals surface area contributed by atoms with E-state index in [4.69, 9.17) is 25.6 Å². The summed E-state index contributed by atoms with van der Waals surface area (Å²) in [5.74, 6) is 3.42. The first-order chi connectivity index (χ1) is 15.1. The van der Waals surface area contributed by atoms with E-state index in [1.165, 1.54) is 0 Å². The fraction of sp³-hybridized carbons (Fsp3) is 0.318. The highest BCUT2D eigenvalue weighted by molar-refractivity contribution is 14.0. The molecule has 0 aliphatic carbocycles. The third-order valence-corrected chi connectivity index (χ3v) is 5.01. The number of halogens is 2. The minimum Gasteiger partial charge on any atom is -0.486 e. The van der Waals surface area contributed by atoms with E-state index in [1.54, 1.807) is 7.05 Å². The lowest BCUT2D eigenvalue weighted by Crippen LogP contribution is -2.39. The van der Waals surface area contributed by atoms with E-state index in [0.29, 0.717) is 49.5 Å². The van der Waals surface area contributed by atoms with E-state index in [2.05, 4.69) is 20.4 Å². The van der Waals surface area contributed by atoms with Crippen LogP contribution in [0.15, 0.2) is 52.0 Å². The van der Waals surface area contributed by atoms with Gasteiger partial charge in [-0.2, -0.15) is 4.98 Å². The topological polar surface area (TPSA) is 85.0 Å². The first kappa shape index (κ1) is 24.1.